The van der Waals surface area contributed by atoms with Gasteiger partial charge < -0.3 is 5.73 Å². The van der Waals surface area contributed by atoms with Crippen molar-refractivity contribution < 1.29 is 0 Å². The summed E-state index contributed by atoms with van der Waals surface area (Å²) in [6, 6.07) is 4.80. The first-order valence-electron chi connectivity index (χ1n) is 5.94. The van der Waals surface area contributed by atoms with E-state index in [9.17, 15) is 0 Å². The van der Waals surface area contributed by atoms with E-state index in [1.807, 2.05) is 6.20 Å². The first-order chi connectivity index (χ1) is 7.81. The molecule has 4 heteroatoms. The highest BCUT2D eigenvalue weighted by atomic mass is 15.4. The van der Waals surface area contributed by atoms with E-state index in [0.29, 0.717) is 12.0 Å². The normalized spacial score (nSPS) is 24.9. The second-order valence-corrected chi connectivity index (χ2v) is 4.39. The van der Waals surface area contributed by atoms with Gasteiger partial charge in [0.05, 0.1) is 0 Å². The lowest BCUT2D eigenvalue weighted by Crippen LogP contribution is -2.28. The van der Waals surface area contributed by atoms with Crippen molar-refractivity contribution in [2.24, 2.45) is 5.73 Å². The highest BCUT2D eigenvalue weighted by Gasteiger charge is 2.24. The van der Waals surface area contributed by atoms with E-state index in [1.54, 1.807) is 0 Å². The van der Waals surface area contributed by atoms with Crippen molar-refractivity contribution in [2.45, 2.75) is 31.7 Å². The number of nitrogens with one attached hydrogen (secondary N) is 2. The van der Waals surface area contributed by atoms with Crippen LogP contribution in [0.15, 0.2) is 18.3 Å². The lowest BCUT2D eigenvalue weighted by Gasteiger charge is -2.14. The van der Waals surface area contributed by atoms with Crippen LogP contribution in [0, 0.1) is 0 Å². The topological polar surface area (TPSA) is 63.0 Å². The molecule has 4 nitrogen and oxygen atoms in total. The van der Waals surface area contributed by atoms with Crippen molar-refractivity contribution in [3.05, 3.63) is 29.6 Å². The maximum atomic E-state index is 5.51. The fourth-order valence-electron chi connectivity index (χ4n) is 2.16. The zero-order chi connectivity index (χ0) is 11.4. The van der Waals surface area contributed by atoms with Crippen molar-refractivity contribution in [3.8, 4) is 0 Å². The average molecular weight is 220 g/mol. The molecule has 2 heterocycles. The fraction of sp³-hybridized carbons (Fsp3) is 0.583. The zero-order valence-corrected chi connectivity index (χ0v) is 9.74. The van der Waals surface area contributed by atoms with E-state index >= 15 is 0 Å². The summed E-state index contributed by atoms with van der Waals surface area (Å²) in [5.41, 5.74) is 14.5. The molecule has 1 aromatic heterocycles. The van der Waals surface area contributed by atoms with Gasteiger partial charge in [0.15, 0.2) is 0 Å². The van der Waals surface area contributed by atoms with E-state index in [2.05, 4.69) is 34.9 Å². The maximum absolute atomic E-state index is 5.51. The van der Waals surface area contributed by atoms with E-state index in [-0.39, 0.29) is 0 Å². The number of nitrogens with two attached hydrogens (primary N) is 1. The Labute approximate surface area is 96.6 Å². The van der Waals surface area contributed by atoms with Gasteiger partial charge in [-0.3, -0.25) is 15.8 Å². The predicted octanol–water partition coefficient (Wildman–Crippen LogP) is 0.553. The molecule has 88 valence electrons. The third-order valence-electron chi connectivity index (χ3n) is 3.16. The molecule has 2 atom stereocenters. The Morgan fingerprint density at radius 2 is 2.44 bits per heavy atom. The molecule has 16 heavy (non-hydrogen) atoms. The van der Waals surface area contributed by atoms with Gasteiger partial charge in [0.25, 0.3) is 0 Å². The van der Waals surface area contributed by atoms with Crippen LogP contribution in [0.4, 0.5) is 0 Å². The number of aromatic nitrogens is 1. The van der Waals surface area contributed by atoms with Gasteiger partial charge in [0.2, 0.25) is 0 Å². The maximum Gasteiger partial charge on any atom is 0.0406 e. The molecule has 0 spiro atoms. The summed E-state index contributed by atoms with van der Waals surface area (Å²) in [6.07, 6.45) is 3.89. The summed E-state index contributed by atoms with van der Waals surface area (Å²) >= 11 is 0. The van der Waals surface area contributed by atoms with Gasteiger partial charge >= 0.3 is 0 Å². The predicted molar refractivity (Wildman–Crippen MR) is 65.0 cm³/mol. The van der Waals surface area contributed by atoms with Crippen molar-refractivity contribution in [1.82, 2.24) is 15.8 Å². The van der Waals surface area contributed by atoms with Gasteiger partial charge in [-0.15, -0.1) is 0 Å². The lowest BCUT2D eigenvalue weighted by atomic mass is 9.94. The SMILES string of the molecule is CC1NNCC1c1ccnc(CCCN)c1. The van der Waals surface area contributed by atoms with Crippen LogP contribution >= 0.6 is 0 Å². The minimum Gasteiger partial charge on any atom is -0.330 e. The minimum absolute atomic E-state index is 0.477. The number of hydrazine groups is 1. The molecule has 0 amide bonds. The molecular weight excluding hydrogens is 200 g/mol. The fourth-order valence-corrected chi connectivity index (χ4v) is 2.16. The number of rotatable bonds is 4. The van der Waals surface area contributed by atoms with Gasteiger partial charge in [-0.1, -0.05) is 0 Å². The summed E-state index contributed by atoms with van der Waals surface area (Å²) < 4.78 is 0. The van der Waals surface area contributed by atoms with Gasteiger partial charge in [-0.25, -0.2) is 0 Å². The molecule has 2 unspecified atom stereocenters. The molecule has 2 rings (SSSR count). The number of aryl methyl sites for hydroxylation is 1. The Kier molecular flexibility index (Phi) is 3.88. The third kappa shape index (κ3) is 2.58. The monoisotopic (exact) mass is 220 g/mol. The smallest absolute Gasteiger partial charge is 0.0406 e. The molecule has 0 radical (unpaired) electrons. The Morgan fingerprint density at radius 1 is 1.56 bits per heavy atom. The van der Waals surface area contributed by atoms with E-state index in [0.717, 1.165) is 31.6 Å². The average Bonchev–Trinajstić information content (AvgIpc) is 2.73. The molecule has 1 saturated heterocycles. The van der Waals surface area contributed by atoms with Crippen molar-refractivity contribution in [2.75, 3.05) is 13.1 Å². The summed E-state index contributed by atoms with van der Waals surface area (Å²) in [5, 5.41) is 0. The summed E-state index contributed by atoms with van der Waals surface area (Å²) in [5.74, 6) is 0.541. The van der Waals surface area contributed by atoms with Crippen molar-refractivity contribution >= 4 is 0 Å². The largest absolute Gasteiger partial charge is 0.330 e. The second-order valence-electron chi connectivity index (χ2n) is 4.39. The Bertz CT molecular complexity index is 340. The van der Waals surface area contributed by atoms with Crippen LogP contribution in [0.1, 0.15) is 30.5 Å². The Balaban J connectivity index is 2.09. The molecule has 1 aliphatic heterocycles. The highest BCUT2D eigenvalue weighted by Crippen LogP contribution is 2.22. The van der Waals surface area contributed by atoms with E-state index < -0.39 is 0 Å². The highest BCUT2D eigenvalue weighted by molar-refractivity contribution is 5.23. The van der Waals surface area contributed by atoms with E-state index in [4.69, 9.17) is 5.73 Å². The van der Waals surface area contributed by atoms with Gasteiger partial charge in [0.1, 0.15) is 0 Å². The molecule has 0 aliphatic carbocycles. The van der Waals surface area contributed by atoms with E-state index in [1.165, 1.54) is 5.56 Å². The van der Waals surface area contributed by atoms with Crippen molar-refractivity contribution in [3.63, 3.8) is 0 Å². The molecule has 0 aromatic carbocycles. The van der Waals surface area contributed by atoms with Crippen molar-refractivity contribution in [1.29, 1.82) is 0 Å². The molecule has 1 aliphatic rings. The summed E-state index contributed by atoms with van der Waals surface area (Å²) in [6.45, 7) is 3.92. The quantitative estimate of drug-likeness (QED) is 0.693. The Morgan fingerprint density at radius 3 is 3.12 bits per heavy atom. The molecule has 0 bridgehead atoms. The zero-order valence-electron chi connectivity index (χ0n) is 9.74. The minimum atomic E-state index is 0.477. The summed E-state index contributed by atoms with van der Waals surface area (Å²) in [7, 11) is 0. The first kappa shape index (κ1) is 11.5. The standard InChI is InChI=1S/C12H20N4/c1-9-12(8-15-16-9)10-4-6-14-11(7-10)3-2-5-13/h4,6-7,9,12,15-16H,2-3,5,8,13H2,1H3. The summed E-state index contributed by atoms with van der Waals surface area (Å²) in [4.78, 5) is 4.38. The second kappa shape index (κ2) is 5.39. The van der Waals surface area contributed by atoms with Crippen LogP contribution in [0.2, 0.25) is 0 Å². The number of nitrogens with zero attached hydrogens (tertiary/aromatic N) is 1. The van der Waals surface area contributed by atoms with Gasteiger partial charge in [-0.2, -0.15) is 0 Å². The van der Waals surface area contributed by atoms with Crippen LogP contribution in [-0.2, 0) is 6.42 Å². The van der Waals surface area contributed by atoms with Crippen LogP contribution in [0.3, 0.4) is 0 Å². The van der Waals surface area contributed by atoms with Crippen LogP contribution in [-0.4, -0.2) is 24.1 Å². The number of hydrogen-bond donors (Lipinski definition) is 3. The molecular formula is C12H20N4. The number of pyridine rings is 1. The molecule has 4 N–H and O–H groups in total. The molecule has 1 aromatic rings. The lowest BCUT2D eigenvalue weighted by molar-refractivity contribution is 0.569. The van der Waals surface area contributed by atoms with Gasteiger partial charge in [0, 0.05) is 30.4 Å². The first-order valence-corrected chi connectivity index (χ1v) is 5.94. The van der Waals surface area contributed by atoms with Crippen LogP contribution < -0.4 is 16.6 Å². The third-order valence-corrected chi connectivity index (χ3v) is 3.16. The van der Waals surface area contributed by atoms with Crippen LogP contribution in [0.5, 0.6) is 0 Å². The molecule has 0 saturated carbocycles. The Hall–Kier alpha value is -0.970. The molecule has 1 fully saturated rings. The van der Waals surface area contributed by atoms with Crippen LogP contribution in [0.25, 0.3) is 0 Å². The van der Waals surface area contributed by atoms with Gasteiger partial charge in [-0.05, 0) is 44.0 Å². The number of hydrogen-bond acceptors (Lipinski definition) is 4.